The monoisotopic (exact) mass is 353 g/mol. The first-order chi connectivity index (χ1) is 10.0. The SMILES string of the molecule is CCc1nn(C)cc1CNCc1cc(Br)c(O)c(OC)c1. The molecule has 5 nitrogen and oxygen atoms in total. The number of benzene rings is 1. The highest BCUT2D eigenvalue weighted by Crippen LogP contribution is 2.35. The molecule has 0 aliphatic heterocycles. The quantitative estimate of drug-likeness (QED) is 0.838. The van der Waals surface area contributed by atoms with E-state index in [2.05, 4.69) is 33.3 Å². The van der Waals surface area contributed by atoms with Gasteiger partial charge in [-0.05, 0) is 40.0 Å². The first kappa shape index (κ1) is 15.9. The summed E-state index contributed by atoms with van der Waals surface area (Å²) in [5.74, 6) is 0.596. The second kappa shape index (κ2) is 6.95. The fraction of sp³-hybridized carbons (Fsp3) is 0.400. The summed E-state index contributed by atoms with van der Waals surface area (Å²) in [7, 11) is 3.48. The summed E-state index contributed by atoms with van der Waals surface area (Å²) in [5.41, 5.74) is 3.37. The number of rotatable bonds is 6. The van der Waals surface area contributed by atoms with Crippen molar-refractivity contribution in [1.29, 1.82) is 0 Å². The van der Waals surface area contributed by atoms with Gasteiger partial charge in [-0.2, -0.15) is 5.10 Å². The molecule has 0 atom stereocenters. The molecule has 0 saturated heterocycles. The molecule has 0 spiro atoms. The Hall–Kier alpha value is -1.53. The number of phenolic OH excluding ortho intramolecular Hbond substituents is 1. The molecule has 0 radical (unpaired) electrons. The average Bonchev–Trinajstić information content (AvgIpc) is 2.82. The Morgan fingerprint density at radius 3 is 2.81 bits per heavy atom. The van der Waals surface area contributed by atoms with Crippen LogP contribution >= 0.6 is 15.9 Å². The minimum Gasteiger partial charge on any atom is -0.503 e. The zero-order valence-electron chi connectivity index (χ0n) is 12.5. The van der Waals surface area contributed by atoms with Crippen LogP contribution in [0.1, 0.15) is 23.7 Å². The fourth-order valence-electron chi connectivity index (χ4n) is 2.26. The van der Waals surface area contributed by atoms with Gasteiger partial charge in [0.25, 0.3) is 0 Å². The molecule has 0 aliphatic carbocycles. The minimum atomic E-state index is 0.127. The molecule has 21 heavy (non-hydrogen) atoms. The van der Waals surface area contributed by atoms with Crippen molar-refractivity contribution in [1.82, 2.24) is 15.1 Å². The van der Waals surface area contributed by atoms with Crippen LogP contribution in [-0.4, -0.2) is 22.0 Å². The van der Waals surface area contributed by atoms with Gasteiger partial charge in [-0.3, -0.25) is 4.68 Å². The van der Waals surface area contributed by atoms with Crippen LogP contribution in [0.25, 0.3) is 0 Å². The largest absolute Gasteiger partial charge is 0.503 e. The van der Waals surface area contributed by atoms with Crippen LogP contribution in [0.2, 0.25) is 0 Å². The highest BCUT2D eigenvalue weighted by molar-refractivity contribution is 9.10. The molecule has 1 aromatic heterocycles. The minimum absolute atomic E-state index is 0.127. The summed E-state index contributed by atoms with van der Waals surface area (Å²) in [4.78, 5) is 0. The zero-order chi connectivity index (χ0) is 15.4. The Morgan fingerprint density at radius 1 is 1.38 bits per heavy atom. The van der Waals surface area contributed by atoms with Gasteiger partial charge in [-0.25, -0.2) is 0 Å². The summed E-state index contributed by atoms with van der Waals surface area (Å²) in [5, 5.41) is 17.6. The van der Waals surface area contributed by atoms with E-state index in [0.717, 1.165) is 24.2 Å². The lowest BCUT2D eigenvalue weighted by Gasteiger charge is -2.10. The van der Waals surface area contributed by atoms with E-state index in [-0.39, 0.29) is 5.75 Å². The fourth-order valence-corrected chi connectivity index (χ4v) is 2.74. The maximum Gasteiger partial charge on any atom is 0.172 e. The van der Waals surface area contributed by atoms with Crippen LogP contribution in [-0.2, 0) is 26.6 Å². The predicted octanol–water partition coefficient (Wildman–Crippen LogP) is 2.75. The summed E-state index contributed by atoms with van der Waals surface area (Å²) in [6.07, 6.45) is 2.97. The Bertz CT molecular complexity index is 626. The summed E-state index contributed by atoms with van der Waals surface area (Å²) < 4.78 is 7.63. The van der Waals surface area contributed by atoms with Crippen molar-refractivity contribution in [3.05, 3.63) is 39.6 Å². The van der Waals surface area contributed by atoms with Crippen molar-refractivity contribution in [2.24, 2.45) is 7.05 Å². The molecular weight excluding hydrogens is 334 g/mol. The summed E-state index contributed by atoms with van der Waals surface area (Å²) >= 11 is 3.33. The van der Waals surface area contributed by atoms with Gasteiger partial charge in [-0.15, -0.1) is 0 Å². The Balaban J connectivity index is 2.02. The molecule has 0 aliphatic rings. The molecule has 0 unspecified atom stereocenters. The van der Waals surface area contributed by atoms with Gasteiger partial charge < -0.3 is 15.2 Å². The van der Waals surface area contributed by atoms with Gasteiger partial charge in [0, 0.05) is 31.9 Å². The number of aromatic nitrogens is 2. The molecule has 2 N–H and O–H groups in total. The van der Waals surface area contributed by atoms with Gasteiger partial charge in [0.05, 0.1) is 17.3 Å². The van der Waals surface area contributed by atoms with Gasteiger partial charge in [-0.1, -0.05) is 6.92 Å². The Labute approximate surface area is 133 Å². The van der Waals surface area contributed by atoms with Crippen molar-refractivity contribution in [3.8, 4) is 11.5 Å². The lowest BCUT2D eigenvalue weighted by molar-refractivity contribution is 0.371. The standard InChI is InChI=1S/C15H20BrN3O2/c1-4-13-11(9-19(2)18-13)8-17-7-10-5-12(16)15(20)14(6-10)21-3/h5-6,9,17,20H,4,7-8H2,1-3H3. The summed E-state index contributed by atoms with van der Waals surface area (Å²) in [6.45, 7) is 3.55. The van der Waals surface area contributed by atoms with E-state index in [9.17, 15) is 5.11 Å². The van der Waals surface area contributed by atoms with Crippen LogP contribution in [0, 0.1) is 0 Å². The van der Waals surface area contributed by atoms with Crippen LogP contribution in [0.4, 0.5) is 0 Å². The van der Waals surface area contributed by atoms with Crippen molar-refractivity contribution in [3.63, 3.8) is 0 Å². The zero-order valence-corrected chi connectivity index (χ0v) is 14.1. The van der Waals surface area contributed by atoms with E-state index < -0.39 is 0 Å². The summed E-state index contributed by atoms with van der Waals surface area (Å²) in [6, 6.07) is 3.71. The van der Waals surface area contributed by atoms with Crippen LogP contribution in [0.3, 0.4) is 0 Å². The Morgan fingerprint density at radius 2 is 2.14 bits per heavy atom. The maximum absolute atomic E-state index is 9.79. The molecule has 114 valence electrons. The molecule has 2 aromatic rings. The number of nitrogens with one attached hydrogen (secondary N) is 1. The van der Waals surface area contributed by atoms with Gasteiger partial charge >= 0.3 is 0 Å². The number of hydrogen-bond acceptors (Lipinski definition) is 4. The van der Waals surface area contributed by atoms with Gasteiger partial charge in [0.2, 0.25) is 0 Å². The van der Waals surface area contributed by atoms with Gasteiger partial charge in [0.1, 0.15) is 0 Å². The molecule has 0 amide bonds. The van der Waals surface area contributed by atoms with E-state index in [4.69, 9.17) is 4.74 Å². The first-order valence-electron chi connectivity index (χ1n) is 6.82. The number of nitrogens with zero attached hydrogens (tertiary/aromatic N) is 2. The third kappa shape index (κ3) is 3.77. The highest BCUT2D eigenvalue weighted by Gasteiger charge is 2.09. The average molecular weight is 354 g/mol. The van der Waals surface area contributed by atoms with Crippen molar-refractivity contribution in [2.45, 2.75) is 26.4 Å². The third-order valence-corrected chi connectivity index (χ3v) is 3.88. The lowest BCUT2D eigenvalue weighted by Crippen LogP contribution is -2.13. The maximum atomic E-state index is 9.79. The molecular formula is C15H20BrN3O2. The number of hydrogen-bond donors (Lipinski definition) is 2. The molecule has 6 heteroatoms. The van der Waals surface area contributed by atoms with Crippen molar-refractivity contribution < 1.29 is 9.84 Å². The normalized spacial score (nSPS) is 10.9. The van der Waals surface area contributed by atoms with Crippen molar-refractivity contribution >= 4 is 15.9 Å². The van der Waals surface area contributed by atoms with Gasteiger partial charge in [0.15, 0.2) is 11.5 Å². The molecule has 0 saturated carbocycles. The van der Waals surface area contributed by atoms with E-state index in [0.29, 0.717) is 16.8 Å². The van der Waals surface area contributed by atoms with E-state index in [1.54, 1.807) is 7.11 Å². The van der Waals surface area contributed by atoms with Crippen LogP contribution < -0.4 is 10.1 Å². The molecule has 2 rings (SSSR count). The third-order valence-electron chi connectivity index (χ3n) is 3.28. The van der Waals surface area contributed by atoms with Crippen molar-refractivity contribution in [2.75, 3.05) is 7.11 Å². The first-order valence-corrected chi connectivity index (χ1v) is 7.62. The Kier molecular flexibility index (Phi) is 5.25. The van der Waals surface area contributed by atoms with E-state index in [1.165, 1.54) is 5.56 Å². The second-order valence-corrected chi connectivity index (χ2v) is 5.71. The number of phenols is 1. The smallest absolute Gasteiger partial charge is 0.172 e. The number of aryl methyl sites for hydroxylation is 2. The van der Waals surface area contributed by atoms with Crippen LogP contribution in [0.5, 0.6) is 11.5 Å². The lowest BCUT2D eigenvalue weighted by atomic mass is 10.2. The number of methoxy groups -OCH3 is 1. The second-order valence-electron chi connectivity index (χ2n) is 4.86. The van der Waals surface area contributed by atoms with E-state index >= 15 is 0 Å². The topological polar surface area (TPSA) is 59.3 Å². The number of aromatic hydroxyl groups is 1. The molecule has 0 fully saturated rings. The molecule has 1 heterocycles. The highest BCUT2D eigenvalue weighted by atomic mass is 79.9. The molecule has 1 aromatic carbocycles. The number of ether oxygens (including phenoxy) is 1. The number of halogens is 1. The molecule has 0 bridgehead atoms. The predicted molar refractivity (Wildman–Crippen MR) is 85.5 cm³/mol. The van der Waals surface area contributed by atoms with Crippen LogP contribution in [0.15, 0.2) is 22.8 Å². The van der Waals surface area contributed by atoms with E-state index in [1.807, 2.05) is 30.1 Å².